The van der Waals surface area contributed by atoms with Gasteiger partial charge < -0.3 is 14.6 Å². The number of hydrogen-bond acceptors (Lipinski definition) is 4. The molecule has 0 fully saturated rings. The van der Waals surface area contributed by atoms with Crippen LogP contribution in [0.1, 0.15) is 38.4 Å². The van der Waals surface area contributed by atoms with Crippen LogP contribution in [0.5, 0.6) is 5.75 Å². The molecule has 20 heavy (non-hydrogen) atoms. The van der Waals surface area contributed by atoms with Gasteiger partial charge in [-0.1, -0.05) is 19.4 Å². The third-order valence-corrected chi connectivity index (χ3v) is 3.09. The average Bonchev–Trinajstić information content (AvgIpc) is 2.44. The highest BCUT2D eigenvalue weighted by molar-refractivity contribution is 5.73. The summed E-state index contributed by atoms with van der Waals surface area (Å²) >= 11 is 0. The van der Waals surface area contributed by atoms with E-state index in [0.717, 1.165) is 6.42 Å². The van der Waals surface area contributed by atoms with Crippen LogP contribution in [-0.2, 0) is 9.53 Å². The maximum Gasteiger partial charge on any atom is 0.311 e. The minimum absolute atomic E-state index is 0.101. The Bertz CT molecular complexity index is 447. The molecule has 0 saturated heterocycles. The Kier molecular flexibility index (Phi) is 6.45. The summed E-state index contributed by atoms with van der Waals surface area (Å²) in [7, 11) is 1.37. The zero-order valence-corrected chi connectivity index (χ0v) is 12.1. The summed E-state index contributed by atoms with van der Waals surface area (Å²) in [6, 6.07) is 4.17. The van der Waals surface area contributed by atoms with E-state index < -0.39 is 23.8 Å². The van der Waals surface area contributed by atoms with Gasteiger partial charge in [0.15, 0.2) is 11.6 Å². The molecule has 1 rings (SSSR count). The van der Waals surface area contributed by atoms with E-state index in [2.05, 4.69) is 0 Å². The van der Waals surface area contributed by atoms with Crippen LogP contribution in [0.25, 0.3) is 0 Å². The van der Waals surface area contributed by atoms with Gasteiger partial charge in [0, 0.05) is 0 Å². The van der Waals surface area contributed by atoms with Crippen LogP contribution >= 0.6 is 0 Å². The van der Waals surface area contributed by atoms with Crippen molar-refractivity contribution in [3.63, 3.8) is 0 Å². The lowest BCUT2D eigenvalue weighted by Crippen LogP contribution is -2.24. The highest BCUT2D eigenvalue weighted by atomic mass is 19.1. The minimum atomic E-state index is -1.09. The van der Waals surface area contributed by atoms with Crippen LogP contribution in [0.2, 0.25) is 0 Å². The second-order valence-corrected chi connectivity index (χ2v) is 4.49. The lowest BCUT2D eigenvalue weighted by molar-refractivity contribution is -0.152. The highest BCUT2D eigenvalue weighted by Gasteiger charge is 2.29. The third kappa shape index (κ3) is 3.93. The standard InChI is InChI=1S/C15H21FO4/c1-4-6-11(15(18)20-5-2)14(17)10-7-8-13(19-3)12(16)9-10/h7-9,11,14,17H,4-6H2,1-3H3. The summed E-state index contributed by atoms with van der Waals surface area (Å²) in [5.74, 6) is -1.61. The van der Waals surface area contributed by atoms with Crippen molar-refractivity contribution >= 4 is 5.97 Å². The first-order chi connectivity index (χ1) is 9.54. The van der Waals surface area contributed by atoms with E-state index in [1.165, 1.54) is 19.2 Å². The molecule has 2 atom stereocenters. The monoisotopic (exact) mass is 284 g/mol. The van der Waals surface area contributed by atoms with Gasteiger partial charge in [0.25, 0.3) is 0 Å². The van der Waals surface area contributed by atoms with Crippen molar-refractivity contribution in [1.82, 2.24) is 0 Å². The first kappa shape index (κ1) is 16.4. The number of aliphatic hydroxyl groups excluding tert-OH is 1. The molecule has 1 aromatic rings. The van der Waals surface area contributed by atoms with E-state index in [1.54, 1.807) is 13.0 Å². The molecule has 0 aromatic heterocycles. The smallest absolute Gasteiger partial charge is 0.311 e. The number of halogens is 1. The predicted molar refractivity (Wildman–Crippen MR) is 72.9 cm³/mol. The molecular weight excluding hydrogens is 263 g/mol. The summed E-state index contributed by atoms with van der Waals surface area (Å²) in [5, 5.41) is 10.3. The predicted octanol–water partition coefficient (Wildman–Crippen LogP) is 2.85. The Hall–Kier alpha value is -1.62. The average molecular weight is 284 g/mol. The van der Waals surface area contributed by atoms with Gasteiger partial charge in [-0.3, -0.25) is 4.79 Å². The first-order valence-corrected chi connectivity index (χ1v) is 6.73. The topological polar surface area (TPSA) is 55.8 Å². The van der Waals surface area contributed by atoms with Crippen LogP contribution in [0, 0.1) is 11.7 Å². The summed E-state index contributed by atoms with van der Waals surface area (Å²) in [5.41, 5.74) is 0.342. The van der Waals surface area contributed by atoms with Gasteiger partial charge in [-0.05, 0) is 31.0 Å². The number of esters is 1. The Morgan fingerprint density at radius 1 is 1.40 bits per heavy atom. The number of carbonyl (C=O) groups is 1. The summed E-state index contributed by atoms with van der Waals surface area (Å²) in [6.45, 7) is 3.87. The lowest BCUT2D eigenvalue weighted by Gasteiger charge is -2.21. The maximum atomic E-state index is 13.7. The molecule has 0 spiro atoms. The van der Waals surface area contributed by atoms with E-state index in [-0.39, 0.29) is 12.4 Å². The fourth-order valence-electron chi connectivity index (χ4n) is 2.06. The molecule has 0 aliphatic carbocycles. The van der Waals surface area contributed by atoms with Crippen molar-refractivity contribution in [1.29, 1.82) is 0 Å². The van der Waals surface area contributed by atoms with E-state index >= 15 is 0 Å². The lowest BCUT2D eigenvalue weighted by atomic mass is 9.92. The highest BCUT2D eigenvalue weighted by Crippen LogP contribution is 2.29. The molecule has 0 aliphatic rings. The van der Waals surface area contributed by atoms with E-state index in [1.807, 2.05) is 6.92 Å². The van der Waals surface area contributed by atoms with Gasteiger partial charge in [0.05, 0.1) is 25.7 Å². The van der Waals surface area contributed by atoms with Crippen LogP contribution in [0.4, 0.5) is 4.39 Å². The van der Waals surface area contributed by atoms with Gasteiger partial charge >= 0.3 is 5.97 Å². The normalized spacial score (nSPS) is 13.7. The number of benzene rings is 1. The van der Waals surface area contributed by atoms with Crippen molar-refractivity contribution in [2.24, 2.45) is 5.92 Å². The van der Waals surface area contributed by atoms with Crippen molar-refractivity contribution in [2.45, 2.75) is 32.8 Å². The number of carbonyl (C=O) groups excluding carboxylic acids is 1. The molecule has 0 amide bonds. The van der Waals surface area contributed by atoms with Gasteiger partial charge in [-0.2, -0.15) is 0 Å². The second kappa shape index (κ2) is 7.85. The molecule has 0 heterocycles. The zero-order chi connectivity index (χ0) is 15.1. The van der Waals surface area contributed by atoms with E-state index in [9.17, 15) is 14.3 Å². The van der Waals surface area contributed by atoms with Crippen molar-refractivity contribution in [3.05, 3.63) is 29.6 Å². The van der Waals surface area contributed by atoms with Crippen LogP contribution in [0.3, 0.4) is 0 Å². The quantitative estimate of drug-likeness (QED) is 0.782. The molecule has 5 heteroatoms. The fourth-order valence-corrected chi connectivity index (χ4v) is 2.06. The van der Waals surface area contributed by atoms with Crippen molar-refractivity contribution in [2.75, 3.05) is 13.7 Å². The molecule has 1 N–H and O–H groups in total. The first-order valence-electron chi connectivity index (χ1n) is 6.73. The maximum absolute atomic E-state index is 13.7. The van der Waals surface area contributed by atoms with Crippen LogP contribution < -0.4 is 4.74 Å². The van der Waals surface area contributed by atoms with Crippen LogP contribution in [0.15, 0.2) is 18.2 Å². The molecule has 0 saturated carbocycles. The zero-order valence-electron chi connectivity index (χ0n) is 12.1. The SMILES string of the molecule is CCCC(C(=O)OCC)C(O)c1ccc(OC)c(F)c1. The summed E-state index contributed by atoms with van der Waals surface area (Å²) in [4.78, 5) is 11.9. The fraction of sp³-hybridized carbons (Fsp3) is 0.533. The summed E-state index contributed by atoms with van der Waals surface area (Å²) in [6.07, 6.45) is 0.113. The van der Waals surface area contributed by atoms with Gasteiger partial charge in [0.1, 0.15) is 0 Å². The van der Waals surface area contributed by atoms with E-state index in [0.29, 0.717) is 12.0 Å². The molecule has 0 bridgehead atoms. The van der Waals surface area contributed by atoms with Crippen LogP contribution in [-0.4, -0.2) is 24.8 Å². The molecule has 0 radical (unpaired) electrons. The van der Waals surface area contributed by atoms with E-state index in [4.69, 9.17) is 9.47 Å². The number of hydrogen-bond donors (Lipinski definition) is 1. The Balaban J connectivity index is 2.96. The van der Waals surface area contributed by atoms with Crippen molar-refractivity contribution < 1.29 is 23.8 Å². The largest absolute Gasteiger partial charge is 0.494 e. The molecular formula is C15H21FO4. The Morgan fingerprint density at radius 3 is 2.60 bits per heavy atom. The van der Waals surface area contributed by atoms with Gasteiger partial charge in [-0.25, -0.2) is 4.39 Å². The molecule has 0 aliphatic heterocycles. The number of ether oxygens (including phenoxy) is 2. The second-order valence-electron chi connectivity index (χ2n) is 4.49. The molecule has 2 unspecified atom stereocenters. The third-order valence-electron chi connectivity index (χ3n) is 3.09. The van der Waals surface area contributed by atoms with Gasteiger partial charge in [0.2, 0.25) is 0 Å². The number of aliphatic hydroxyl groups is 1. The molecule has 112 valence electrons. The number of rotatable bonds is 7. The molecule has 1 aromatic carbocycles. The Morgan fingerprint density at radius 2 is 2.10 bits per heavy atom. The summed E-state index contributed by atoms with van der Waals surface area (Å²) < 4.78 is 23.4. The number of methoxy groups -OCH3 is 1. The Labute approximate surface area is 118 Å². The minimum Gasteiger partial charge on any atom is -0.494 e. The molecule has 4 nitrogen and oxygen atoms in total. The van der Waals surface area contributed by atoms with Gasteiger partial charge in [-0.15, -0.1) is 0 Å². The van der Waals surface area contributed by atoms with Crippen molar-refractivity contribution in [3.8, 4) is 5.75 Å².